The van der Waals surface area contributed by atoms with E-state index < -0.39 is 0 Å². The maximum Gasteiger partial charge on any atom is 0.163 e. The van der Waals surface area contributed by atoms with E-state index in [1.807, 2.05) is 24.4 Å². The molecule has 1 saturated heterocycles. The average molecular weight is 456 g/mol. The Hall–Kier alpha value is -3.71. The van der Waals surface area contributed by atoms with Gasteiger partial charge in [0, 0.05) is 56.1 Å². The molecular formula is C27H29N5O2. The Morgan fingerprint density at radius 1 is 0.882 bits per heavy atom. The molecule has 0 N–H and O–H groups in total. The summed E-state index contributed by atoms with van der Waals surface area (Å²) in [5.74, 6) is 3.25. The zero-order valence-electron chi connectivity index (χ0n) is 19.9. The predicted molar refractivity (Wildman–Crippen MR) is 135 cm³/mol. The lowest BCUT2D eigenvalue weighted by Gasteiger charge is -2.36. The lowest BCUT2D eigenvalue weighted by molar-refractivity contribution is 0.248. The fourth-order valence-electron chi connectivity index (χ4n) is 4.48. The highest BCUT2D eigenvalue weighted by molar-refractivity contribution is 5.91. The zero-order valence-corrected chi connectivity index (χ0v) is 19.9. The van der Waals surface area contributed by atoms with Gasteiger partial charge in [-0.05, 0) is 54.4 Å². The van der Waals surface area contributed by atoms with Crippen LogP contribution in [0.1, 0.15) is 11.1 Å². The third-order valence-electron chi connectivity index (χ3n) is 6.41. The first kappa shape index (κ1) is 22.1. The zero-order chi connectivity index (χ0) is 23.5. The summed E-state index contributed by atoms with van der Waals surface area (Å²) < 4.78 is 11.0. The quantitative estimate of drug-likeness (QED) is 0.429. The van der Waals surface area contributed by atoms with Crippen LogP contribution in [0.2, 0.25) is 0 Å². The molecule has 1 fully saturated rings. The molecule has 3 heterocycles. The van der Waals surface area contributed by atoms with Crippen molar-refractivity contribution in [2.24, 2.45) is 0 Å². The second kappa shape index (κ2) is 9.65. The van der Waals surface area contributed by atoms with Crippen LogP contribution in [-0.4, -0.2) is 60.3 Å². The molecule has 174 valence electrons. The van der Waals surface area contributed by atoms with Gasteiger partial charge >= 0.3 is 0 Å². The molecule has 1 aliphatic heterocycles. The number of pyridine rings is 1. The molecular weight excluding hydrogens is 426 g/mol. The summed E-state index contributed by atoms with van der Waals surface area (Å²) in [6, 6.07) is 16.3. The fraction of sp³-hybridized carbons (Fsp3) is 0.296. The number of aryl methyl sites for hydroxylation is 1. The normalized spacial score (nSPS) is 14.4. The Morgan fingerprint density at radius 3 is 2.38 bits per heavy atom. The third kappa shape index (κ3) is 4.39. The van der Waals surface area contributed by atoms with Crippen molar-refractivity contribution in [3.8, 4) is 22.9 Å². The van der Waals surface area contributed by atoms with Crippen molar-refractivity contribution in [2.75, 3.05) is 45.3 Å². The van der Waals surface area contributed by atoms with Crippen molar-refractivity contribution >= 4 is 16.7 Å². The van der Waals surface area contributed by atoms with Gasteiger partial charge in [-0.2, -0.15) is 0 Å². The average Bonchev–Trinajstić information content (AvgIpc) is 2.90. The highest BCUT2D eigenvalue weighted by Crippen LogP contribution is 2.32. The molecule has 0 spiro atoms. The first-order valence-corrected chi connectivity index (χ1v) is 11.5. The maximum atomic E-state index is 5.51. The highest BCUT2D eigenvalue weighted by Gasteiger charge is 2.22. The van der Waals surface area contributed by atoms with Crippen LogP contribution in [0.25, 0.3) is 22.3 Å². The minimum atomic E-state index is 0.713. The SMILES string of the molecule is COc1cc(C)c(CN2CCN(c3nc(-c4cccnc4)nc4ccccc34)CC2)cc1OC. The van der Waals surface area contributed by atoms with E-state index in [1.54, 1.807) is 20.4 Å². The number of fused-ring (bicyclic) bond motifs is 1. The summed E-state index contributed by atoms with van der Waals surface area (Å²) in [6.07, 6.45) is 3.59. The highest BCUT2D eigenvalue weighted by atomic mass is 16.5. The van der Waals surface area contributed by atoms with Gasteiger partial charge in [-0.25, -0.2) is 9.97 Å². The summed E-state index contributed by atoms with van der Waals surface area (Å²) in [7, 11) is 3.36. The monoisotopic (exact) mass is 455 g/mol. The van der Waals surface area contributed by atoms with E-state index in [0.29, 0.717) is 5.82 Å². The first-order valence-electron chi connectivity index (χ1n) is 11.5. The van der Waals surface area contributed by atoms with E-state index in [4.69, 9.17) is 19.4 Å². The number of anilines is 1. The molecule has 0 amide bonds. The lowest BCUT2D eigenvalue weighted by atomic mass is 10.1. The van der Waals surface area contributed by atoms with Crippen molar-refractivity contribution in [2.45, 2.75) is 13.5 Å². The van der Waals surface area contributed by atoms with Gasteiger partial charge < -0.3 is 14.4 Å². The van der Waals surface area contributed by atoms with Crippen molar-refractivity contribution in [1.29, 1.82) is 0 Å². The van der Waals surface area contributed by atoms with Crippen LogP contribution in [0.4, 0.5) is 5.82 Å². The van der Waals surface area contributed by atoms with E-state index in [9.17, 15) is 0 Å². The molecule has 0 atom stereocenters. The summed E-state index contributed by atoms with van der Waals surface area (Å²) >= 11 is 0. The Kier molecular flexibility index (Phi) is 6.27. The van der Waals surface area contributed by atoms with E-state index in [2.05, 4.69) is 52.0 Å². The van der Waals surface area contributed by atoms with Crippen LogP contribution in [0.15, 0.2) is 60.9 Å². The van der Waals surface area contributed by atoms with Crippen LogP contribution in [0.3, 0.4) is 0 Å². The van der Waals surface area contributed by atoms with Crippen LogP contribution in [0.5, 0.6) is 11.5 Å². The number of para-hydroxylation sites is 1. The second-order valence-electron chi connectivity index (χ2n) is 8.53. The van der Waals surface area contributed by atoms with E-state index in [0.717, 1.165) is 66.5 Å². The van der Waals surface area contributed by atoms with Crippen LogP contribution in [0, 0.1) is 6.92 Å². The first-order chi connectivity index (χ1) is 16.7. The lowest BCUT2D eigenvalue weighted by Crippen LogP contribution is -2.46. The van der Waals surface area contributed by atoms with Gasteiger partial charge in [-0.3, -0.25) is 9.88 Å². The minimum Gasteiger partial charge on any atom is -0.493 e. The number of hydrogen-bond donors (Lipinski definition) is 0. The number of hydrogen-bond acceptors (Lipinski definition) is 7. The summed E-state index contributed by atoms with van der Waals surface area (Å²) in [5, 5.41) is 1.08. The van der Waals surface area contributed by atoms with Crippen molar-refractivity contribution in [1.82, 2.24) is 19.9 Å². The molecule has 0 bridgehead atoms. The number of piperazine rings is 1. The Labute approximate surface area is 200 Å². The fourth-order valence-corrected chi connectivity index (χ4v) is 4.48. The minimum absolute atomic E-state index is 0.713. The second-order valence-corrected chi connectivity index (χ2v) is 8.53. The van der Waals surface area contributed by atoms with Gasteiger partial charge in [0.15, 0.2) is 17.3 Å². The predicted octanol–water partition coefficient (Wildman–Crippen LogP) is 4.34. The molecule has 0 unspecified atom stereocenters. The van der Waals surface area contributed by atoms with Gasteiger partial charge in [0.25, 0.3) is 0 Å². The maximum absolute atomic E-state index is 5.51. The van der Waals surface area contributed by atoms with Gasteiger partial charge in [0.1, 0.15) is 5.82 Å². The van der Waals surface area contributed by atoms with Gasteiger partial charge in [0.05, 0.1) is 19.7 Å². The molecule has 5 rings (SSSR count). The Balaban J connectivity index is 1.37. The topological polar surface area (TPSA) is 63.6 Å². The molecule has 2 aromatic heterocycles. The number of aromatic nitrogens is 3. The molecule has 2 aromatic carbocycles. The molecule has 0 radical (unpaired) electrons. The standard InChI is InChI=1S/C27H29N5O2/c1-19-15-24(33-2)25(34-3)16-21(19)18-31-11-13-32(14-12-31)27-22-8-4-5-9-23(22)29-26(30-27)20-7-6-10-28-17-20/h4-10,15-17H,11-14,18H2,1-3H3. The molecule has 0 aliphatic carbocycles. The number of nitrogens with zero attached hydrogens (tertiary/aromatic N) is 5. The number of methoxy groups -OCH3 is 2. The van der Waals surface area contributed by atoms with E-state index in [1.165, 1.54) is 11.1 Å². The summed E-state index contributed by atoms with van der Waals surface area (Å²) in [4.78, 5) is 18.9. The third-order valence-corrected chi connectivity index (χ3v) is 6.41. The molecule has 0 saturated carbocycles. The van der Waals surface area contributed by atoms with Crippen molar-refractivity contribution < 1.29 is 9.47 Å². The molecule has 34 heavy (non-hydrogen) atoms. The van der Waals surface area contributed by atoms with Crippen molar-refractivity contribution in [3.05, 3.63) is 72.1 Å². The molecule has 4 aromatic rings. The van der Waals surface area contributed by atoms with Crippen molar-refractivity contribution in [3.63, 3.8) is 0 Å². The van der Waals surface area contributed by atoms with Gasteiger partial charge in [0.2, 0.25) is 0 Å². The van der Waals surface area contributed by atoms with Crippen LogP contribution >= 0.6 is 0 Å². The largest absolute Gasteiger partial charge is 0.493 e. The van der Waals surface area contributed by atoms with Gasteiger partial charge in [-0.15, -0.1) is 0 Å². The van der Waals surface area contributed by atoms with Crippen LogP contribution in [-0.2, 0) is 6.54 Å². The van der Waals surface area contributed by atoms with Gasteiger partial charge in [-0.1, -0.05) is 12.1 Å². The smallest absolute Gasteiger partial charge is 0.163 e. The summed E-state index contributed by atoms with van der Waals surface area (Å²) in [6.45, 7) is 6.72. The van der Waals surface area contributed by atoms with E-state index >= 15 is 0 Å². The number of ether oxygens (including phenoxy) is 2. The molecule has 7 heteroatoms. The Morgan fingerprint density at radius 2 is 1.65 bits per heavy atom. The molecule has 7 nitrogen and oxygen atoms in total. The molecule has 1 aliphatic rings. The van der Waals surface area contributed by atoms with E-state index in [-0.39, 0.29) is 0 Å². The number of benzene rings is 2. The summed E-state index contributed by atoms with van der Waals surface area (Å²) in [5.41, 5.74) is 4.35. The Bertz CT molecular complexity index is 1290. The van der Waals surface area contributed by atoms with Crippen LogP contribution < -0.4 is 14.4 Å². The number of rotatable bonds is 6.